The first kappa shape index (κ1) is 22.4. The van der Waals surface area contributed by atoms with E-state index >= 15 is 0 Å². The molecule has 30 heavy (non-hydrogen) atoms. The van der Waals surface area contributed by atoms with E-state index in [0.717, 1.165) is 25.0 Å². The van der Waals surface area contributed by atoms with E-state index in [9.17, 15) is 26.4 Å². The number of benzene rings is 2. The first-order chi connectivity index (χ1) is 14.1. The Morgan fingerprint density at radius 3 is 2.30 bits per heavy atom. The van der Waals surface area contributed by atoms with Crippen LogP contribution in [0.5, 0.6) is 0 Å². The van der Waals surface area contributed by atoms with Crippen molar-refractivity contribution in [3.63, 3.8) is 0 Å². The van der Waals surface area contributed by atoms with Crippen LogP contribution in [0.25, 0.3) is 0 Å². The molecule has 1 saturated heterocycles. The van der Waals surface area contributed by atoms with Crippen LogP contribution in [-0.4, -0.2) is 33.2 Å². The van der Waals surface area contributed by atoms with Gasteiger partial charge in [0.1, 0.15) is 0 Å². The quantitative estimate of drug-likeness (QED) is 0.675. The van der Waals surface area contributed by atoms with Crippen LogP contribution in [0.4, 0.5) is 24.5 Å². The molecule has 3 rings (SSSR count). The zero-order valence-corrected chi connectivity index (χ0v) is 17.4. The third-order valence-corrected chi connectivity index (χ3v) is 6.80. The van der Waals surface area contributed by atoms with Crippen LogP contribution in [-0.2, 0) is 20.8 Å². The third-order valence-electron chi connectivity index (χ3n) is 4.82. The highest BCUT2D eigenvalue weighted by molar-refractivity contribution is 7.91. The first-order valence-electron chi connectivity index (χ1n) is 9.31. The lowest BCUT2D eigenvalue weighted by atomic mass is 10.1. The highest BCUT2D eigenvalue weighted by Crippen LogP contribution is 2.36. The molecule has 0 bridgehead atoms. The van der Waals surface area contributed by atoms with Gasteiger partial charge in [0.05, 0.1) is 27.6 Å². The smallest absolute Gasteiger partial charge is 0.370 e. The van der Waals surface area contributed by atoms with Gasteiger partial charge in [-0.2, -0.15) is 13.2 Å². The summed E-state index contributed by atoms with van der Waals surface area (Å²) in [6.07, 6.45) is -3.12. The number of hydrogen-bond donors (Lipinski definition) is 1. The van der Waals surface area contributed by atoms with E-state index < -0.39 is 33.2 Å². The van der Waals surface area contributed by atoms with Crippen LogP contribution in [0.3, 0.4) is 0 Å². The Labute approximate surface area is 177 Å². The Morgan fingerprint density at radius 1 is 1.07 bits per heavy atom. The second kappa shape index (κ2) is 8.85. The van der Waals surface area contributed by atoms with E-state index in [1.165, 1.54) is 30.3 Å². The number of hydrogen-bond acceptors (Lipinski definition) is 4. The van der Waals surface area contributed by atoms with Gasteiger partial charge in [0.2, 0.25) is 5.91 Å². The topological polar surface area (TPSA) is 66.5 Å². The van der Waals surface area contributed by atoms with Crippen LogP contribution in [0, 0.1) is 0 Å². The normalized spacial score (nSPS) is 14.7. The molecule has 0 spiro atoms. The molecule has 0 unspecified atom stereocenters. The molecule has 1 fully saturated rings. The van der Waals surface area contributed by atoms with Crippen molar-refractivity contribution in [2.24, 2.45) is 0 Å². The molecular weight excluding hydrogens is 441 g/mol. The monoisotopic (exact) mass is 460 g/mol. The summed E-state index contributed by atoms with van der Waals surface area (Å²) in [7, 11) is -3.73. The number of alkyl halides is 3. The van der Waals surface area contributed by atoms with Gasteiger partial charge in [-0.3, -0.25) is 4.79 Å². The molecule has 0 aromatic heterocycles. The SMILES string of the molecule is O=C(CCS(=O)(=O)c1ccc(Cl)cc1)Nc1cc(C(F)(F)F)ccc1N1CCCC1. The molecule has 0 saturated carbocycles. The van der Waals surface area contributed by atoms with Crippen LogP contribution >= 0.6 is 11.6 Å². The fourth-order valence-corrected chi connectivity index (χ4v) is 4.61. The largest absolute Gasteiger partial charge is 0.416 e. The molecule has 0 atom stereocenters. The minimum atomic E-state index is -4.55. The average molecular weight is 461 g/mol. The van der Waals surface area contributed by atoms with Gasteiger partial charge < -0.3 is 10.2 Å². The van der Waals surface area contributed by atoms with Crippen molar-refractivity contribution in [3.05, 3.63) is 53.1 Å². The summed E-state index contributed by atoms with van der Waals surface area (Å²) in [5, 5.41) is 2.85. The summed E-state index contributed by atoms with van der Waals surface area (Å²) in [6.45, 7) is 1.36. The second-order valence-corrected chi connectivity index (χ2v) is 9.54. The maximum atomic E-state index is 13.1. The van der Waals surface area contributed by atoms with Crippen LogP contribution in [0.2, 0.25) is 5.02 Å². The highest BCUT2D eigenvalue weighted by atomic mass is 35.5. The lowest BCUT2D eigenvalue weighted by Gasteiger charge is -2.23. The number of carbonyl (C=O) groups is 1. The maximum Gasteiger partial charge on any atom is 0.416 e. The molecule has 10 heteroatoms. The molecule has 0 radical (unpaired) electrons. The molecule has 1 aliphatic heterocycles. The van der Waals surface area contributed by atoms with Crippen molar-refractivity contribution in [1.82, 2.24) is 0 Å². The molecule has 2 aromatic carbocycles. The molecule has 1 aliphatic rings. The van der Waals surface area contributed by atoms with Crippen LogP contribution in [0.1, 0.15) is 24.8 Å². The van der Waals surface area contributed by atoms with E-state index in [2.05, 4.69) is 5.32 Å². The summed E-state index contributed by atoms with van der Waals surface area (Å²) in [5.41, 5.74) is -0.357. The number of halogens is 4. The number of amides is 1. The zero-order chi connectivity index (χ0) is 21.9. The van der Waals surface area contributed by atoms with E-state index in [4.69, 9.17) is 11.6 Å². The van der Waals surface area contributed by atoms with Gasteiger partial charge in [0.15, 0.2) is 9.84 Å². The number of nitrogens with one attached hydrogen (secondary N) is 1. The van der Waals surface area contributed by atoms with E-state index in [1.54, 1.807) is 0 Å². The number of sulfone groups is 1. The maximum absolute atomic E-state index is 13.1. The standard InChI is InChI=1S/C20H20ClF3N2O3S/c21-15-4-6-16(7-5-15)30(28,29)12-9-19(27)25-17-13-14(20(22,23)24)3-8-18(17)26-10-1-2-11-26/h3-8,13H,1-2,9-12H2,(H,25,27). The Bertz CT molecular complexity index is 1020. The Kier molecular flexibility index (Phi) is 6.62. The van der Waals surface area contributed by atoms with E-state index in [1.807, 2.05) is 4.90 Å². The summed E-state index contributed by atoms with van der Waals surface area (Å²) in [5.74, 6) is -1.15. The molecule has 0 aliphatic carbocycles. The second-order valence-electron chi connectivity index (χ2n) is 6.99. The van der Waals surface area contributed by atoms with Crippen molar-refractivity contribution < 1.29 is 26.4 Å². The molecule has 5 nitrogen and oxygen atoms in total. The number of rotatable bonds is 6. The molecule has 2 aromatic rings. The molecular formula is C20H20ClF3N2O3S. The van der Waals surface area contributed by atoms with Crippen molar-refractivity contribution in [1.29, 1.82) is 0 Å². The minimum Gasteiger partial charge on any atom is -0.370 e. The Morgan fingerprint density at radius 2 is 1.70 bits per heavy atom. The fourth-order valence-electron chi connectivity index (χ4n) is 3.25. The average Bonchev–Trinajstić information content (AvgIpc) is 3.21. The predicted molar refractivity (Wildman–Crippen MR) is 110 cm³/mol. The van der Waals surface area contributed by atoms with Crippen molar-refractivity contribution in [2.75, 3.05) is 29.1 Å². The zero-order valence-electron chi connectivity index (χ0n) is 15.9. The van der Waals surface area contributed by atoms with Gasteiger partial charge in [-0.15, -0.1) is 0 Å². The van der Waals surface area contributed by atoms with Crippen LogP contribution < -0.4 is 10.2 Å². The molecule has 162 valence electrons. The summed E-state index contributed by atoms with van der Waals surface area (Å²) in [4.78, 5) is 14.3. The number of carbonyl (C=O) groups excluding carboxylic acids is 1. The first-order valence-corrected chi connectivity index (χ1v) is 11.3. The number of anilines is 2. The summed E-state index contributed by atoms with van der Waals surface area (Å²) in [6, 6.07) is 8.75. The van der Waals surface area contributed by atoms with Crippen molar-refractivity contribution in [2.45, 2.75) is 30.3 Å². The summed E-state index contributed by atoms with van der Waals surface area (Å²) < 4.78 is 64.1. The molecule has 1 N–H and O–H groups in total. The van der Waals surface area contributed by atoms with Crippen LogP contribution in [0.15, 0.2) is 47.4 Å². The molecule has 1 amide bonds. The van der Waals surface area contributed by atoms with E-state index in [0.29, 0.717) is 23.8 Å². The van der Waals surface area contributed by atoms with E-state index in [-0.39, 0.29) is 17.0 Å². The van der Waals surface area contributed by atoms with Gasteiger partial charge in [-0.25, -0.2) is 8.42 Å². The Hall–Kier alpha value is -2.26. The summed E-state index contributed by atoms with van der Waals surface area (Å²) >= 11 is 5.75. The van der Waals surface area contributed by atoms with Gasteiger partial charge in [-0.05, 0) is 55.3 Å². The third kappa shape index (κ3) is 5.46. The van der Waals surface area contributed by atoms with Gasteiger partial charge in [-0.1, -0.05) is 11.6 Å². The highest BCUT2D eigenvalue weighted by Gasteiger charge is 2.32. The van der Waals surface area contributed by atoms with Gasteiger partial charge >= 0.3 is 6.18 Å². The molecule has 1 heterocycles. The predicted octanol–water partition coefficient (Wildman–Crippen LogP) is 4.76. The Balaban J connectivity index is 1.75. The van der Waals surface area contributed by atoms with Gasteiger partial charge in [0, 0.05) is 24.5 Å². The minimum absolute atomic E-state index is 0.0246. The van der Waals surface area contributed by atoms with Crippen molar-refractivity contribution in [3.8, 4) is 0 Å². The number of nitrogens with zero attached hydrogens (tertiary/aromatic N) is 1. The van der Waals surface area contributed by atoms with Gasteiger partial charge in [0.25, 0.3) is 0 Å². The lowest BCUT2D eigenvalue weighted by Crippen LogP contribution is -2.23. The van der Waals surface area contributed by atoms with Crippen molar-refractivity contribution >= 4 is 38.7 Å². The fraction of sp³-hybridized carbons (Fsp3) is 0.350. The lowest BCUT2D eigenvalue weighted by molar-refractivity contribution is -0.137.